The van der Waals surface area contributed by atoms with E-state index in [-0.39, 0.29) is 6.10 Å². The van der Waals surface area contributed by atoms with Gasteiger partial charge in [-0.15, -0.1) is 11.3 Å². The fraction of sp³-hybridized carbons (Fsp3) is 0.727. The van der Waals surface area contributed by atoms with Gasteiger partial charge in [-0.05, 0) is 32.6 Å². The smallest absolute Gasteiger partial charge is 0.107 e. The van der Waals surface area contributed by atoms with Crippen LogP contribution in [0.4, 0.5) is 0 Å². The topological polar surface area (TPSA) is 45.1 Å². The summed E-state index contributed by atoms with van der Waals surface area (Å²) in [6.45, 7) is 2.86. The van der Waals surface area contributed by atoms with E-state index in [1.54, 1.807) is 11.3 Å². The molecule has 0 spiro atoms. The normalized spacial score (nSPS) is 26.8. The molecule has 0 radical (unpaired) electrons. The molecule has 0 saturated heterocycles. The summed E-state index contributed by atoms with van der Waals surface area (Å²) in [5.74, 6) is 0. The van der Waals surface area contributed by atoms with E-state index in [1.807, 2.05) is 6.92 Å². The molecule has 3 nitrogen and oxygen atoms in total. The highest BCUT2D eigenvalue weighted by atomic mass is 32.1. The highest BCUT2D eigenvalue weighted by Crippen LogP contribution is 2.19. The molecule has 2 atom stereocenters. The number of aliphatic hydroxyl groups is 1. The van der Waals surface area contributed by atoms with Gasteiger partial charge in [0.15, 0.2) is 0 Å². The molecular weight excluding hydrogens is 208 g/mol. The molecule has 1 saturated carbocycles. The maximum absolute atomic E-state index is 9.53. The van der Waals surface area contributed by atoms with Crippen molar-refractivity contribution in [2.75, 3.05) is 0 Å². The molecule has 84 valence electrons. The molecule has 1 aliphatic rings. The Hall–Kier alpha value is -0.450. The molecule has 0 aliphatic heterocycles. The highest BCUT2D eigenvalue weighted by molar-refractivity contribution is 7.09. The maximum atomic E-state index is 9.53. The van der Waals surface area contributed by atoms with Crippen LogP contribution in [-0.2, 0) is 6.54 Å². The number of rotatable bonds is 3. The Kier molecular flexibility index (Phi) is 3.72. The zero-order chi connectivity index (χ0) is 10.7. The highest BCUT2D eigenvalue weighted by Gasteiger charge is 2.19. The predicted octanol–water partition coefficient (Wildman–Crippen LogP) is 1.84. The van der Waals surface area contributed by atoms with Crippen LogP contribution in [0.25, 0.3) is 0 Å². The van der Waals surface area contributed by atoms with Crippen molar-refractivity contribution in [1.82, 2.24) is 10.3 Å². The van der Waals surface area contributed by atoms with Gasteiger partial charge in [0, 0.05) is 23.7 Å². The van der Waals surface area contributed by atoms with Crippen LogP contribution in [0, 0.1) is 6.92 Å². The van der Waals surface area contributed by atoms with Crippen LogP contribution in [-0.4, -0.2) is 22.2 Å². The van der Waals surface area contributed by atoms with Gasteiger partial charge in [0.25, 0.3) is 0 Å². The number of aliphatic hydroxyl groups excluding tert-OH is 1. The summed E-state index contributed by atoms with van der Waals surface area (Å²) in [6.07, 6.45) is 4.07. The summed E-state index contributed by atoms with van der Waals surface area (Å²) in [6, 6.07) is 0.470. The van der Waals surface area contributed by atoms with Crippen molar-refractivity contribution in [2.45, 2.75) is 51.3 Å². The summed E-state index contributed by atoms with van der Waals surface area (Å²) in [5.41, 5.74) is 1.10. The number of hydrogen-bond donors (Lipinski definition) is 2. The zero-order valence-corrected chi connectivity index (χ0v) is 9.89. The van der Waals surface area contributed by atoms with Gasteiger partial charge in [0.05, 0.1) is 6.10 Å². The van der Waals surface area contributed by atoms with Crippen LogP contribution in [0.15, 0.2) is 5.38 Å². The second-order valence-electron chi connectivity index (χ2n) is 4.28. The lowest BCUT2D eigenvalue weighted by molar-refractivity contribution is 0.111. The van der Waals surface area contributed by atoms with Gasteiger partial charge >= 0.3 is 0 Å². The third kappa shape index (κ3) is 3.26. The van der Waals surface area contributed by atoms with E-state index in [1.165, 1.54) is 6.42 Å². The van der Waals surface area contributed by atoms with Gasteiger partial charge in [-0.25, -0.2) is 4.98 Å². The first-order valence-electron chi connectivity index (χ1n) is 5.56. The third-order valence-electron chi connectivity index (χ3n) is 2.86. The monoisotopic (exact) mass is 226 g/mol. The van der Waals surface area contributed by atoms with Crippen LogP contribution < -0.4 is 5.32 Å². The van der Waals surface area contributed by atoms with Crippen LogP contribution in [0.2, 0.25) is 0 Å². The molecule has 4 heteroatoms. The lowest BCUT2D eigenvalue weighted by atomic mass is 9.93. The van der Waals surface area contributed by atoms with Crippen LogP contribution in [0.1, 0.15) is 36.4 Å². The Labute approximate surface area is 94.5 Å². The van der Waals surface area contributed by atoms with Crippen molar-refractivity contribution >= 4 is 11.3 Å². The number of hydrogen-bond acceptors (Lipinski definition) is 4. The van der Waals surface area contributed by atoms with Crippen molar-refractivity contribution in [3.8, 4) is 0 Å². The van der Waals surface area contributed by atoms with Crippen molar-refractivity contribution < 1.29 is 5.11 Å². The van der Waals surface area contributed by atoms with E-state index in [9.17, 15) is 5.11 Å². The lowest BCUT2D eigenvalue weighted by Crippen LogP contribution is -2.35. The SMILES string of the molecule is Cc1csc(CNC2CCCC(O)C2)n1. The van der Waals surface area contributed by atoms with Gasteiger partial charge < -0.3 is 10.4 Å². The molecule has 2 N–H and O–H groups in total. The minimum atomic E-state index is -0.103. The zero-order valence-electron chi connectivity index (χ0n) is 9.07. The van der Waals surface area contributed by atoms with E-state index in [4.69, 9.17) is 0 Å². The molecule has 15 heavy (non-hydrogen) atoms. The molecule has 2 unspecified atom stereocenters. The van der Waals surface area contributed by atoms with Gasteiger partial charge in [-0.2, -0.15) is 0 Å². The van der Waals surface area contributed by atoms with E-state index < -0.39 is 0 Å². The molecule has 0 amide bonds. The minimum Gasteiger partial charge on any atom is -0.393 e. The van der Waals surface area contributed by atoms with Crippen LogP contribution in [0.3, 0.4) is 0 Å². The van der Waals surface area contributed by atoms with E-state index in [2.05, 4.69) is 15.7 Å². The maximum Gasteiger partial charge on any atom is 0.107 e. The van der Waals surface area contributed by atoms with E-state index >= 15 is 0 Å². The second kappa shape index (κ2) is 5.05. The summed E-state index contributed by atoms with van der Waals surface area (Å²) in [4.78, 5) is 4.41. The van der Waals surface area contributed by atoms with Crippen LogP contribution in [0.5, 0.6) is 0 Å². The average molecular weight is 226 g/mol. The first kappa shape index (κ1) is 11.0. The fourth-order valence-electron chi connectivity index (χ4n) is 2.06. The Morgan fingerprint density at radius 2 is 2.47 bits per heavy atom. The Bertz CT molecular complexity index is 313. The second-order valence-corrected chi connectivity index (χ2v) is 5.22. The van der Waals surface area contributed by atoms with Crippen molar-refractivity contribution in [1.29, 1.82) is 0 Å². The first-order valence-corrected chi connectivity index (χ1v) is 6.44. The number of nitrogens with one attached hydrogen (secondary N) is 1. The summed E-state index contributed by atoms with van der Waals surface area (Å²) < 4.78 is 0. The molecular formula is C11H18N2OS. The standard InChI is InChI=1S/C11H18N2OS/c1-8-7-15-11(13-8)6-12-9-3-2-4-10(14)5-9/h7,9-10,12,14H,2-6H2,1H3. The van der Waals surface area contributed by atoms with Crippen molar-refractivity contribution in [3.63, 3.8) is 0 Å². The molecule has 0 aromatic carbocycles. The molecule has 2 rings (SSSR count). The average Bonchev–Trinajstić information content (AvgIpc) is 2.62. The predicted molar refractivity (Wildman–Crippen MR) is 62.0 cm³/mol. The van der Waals surface area contributed by atoms with Crippen molar-refractivity contribution in [2.24, 2.45) is 0 Å². The fourth-order valence-corrected chi connectivity index (χ4v) is 2.79. The van der Waals surface area contributed by atoms with Gasteiger partial charge in [0.2, 0.25) is 0 Å². The van der Waals surface area contributed by atoms with Crippen LogP contribution >= 0.6 is 11.3 Å². The molecule has 1 aromatic rings. The quantitative estimate of drug-likeness (QED) is 0.826. The Morgan fingerprint density at radius 1 is 1.60 bits per heavy atom. The molecule has 1 aliphatic carbocycles. The van der Waals surface area contributed by atoms with Gasteiger partial charge in [0.1, 0.15) is 5.01 Å². The molecule has 1 fully saturated rings. The minimum absolute atomic E-state index is 0.103. The summed E-state index contributed by atoms with van der Waals surface area (Å²) >= 11 is 1.70. The molecule has 1 aromatic heterocycles. The number of aromatic nitrogens is 1. The number of thiazole rings is 1. The number of aryl methyl sites for hydroxylation is 1. The Morgan fingerprint density at radius 3 is 3.13 bits per heavy atom. The van der Waals surface area contributed by atoms with Gasteiger partial charge in [-0.1, -0.05) is 0 Å². The lowest BCUT2D eigenvalue weighted by Gasteiger charge is -2.26. The number of nitrogens with zero attached hydrogens (tertiary/aromatic N) is 1. The van der Waals surface area contributed by atoms with Crippen molar-refractivity contribution in [3.05, 3.63) is 16.1 Å². The van der Waals surface area contributed by atoms with Gasteiger partial charge in [-0.3, -0.25) is 0 Å². The summed E-state index contributed by atoms with van der Waals surface area (Å²) in [5, 5.41) is 16.2. The van der Waals surface area contributed by atoms with E-state index in [0.717, 1.165) is 36.5 Å². The van der Waals surface area contributed by atoms with E-state index in [0.29, 0.717) is 6.04 Å². The molecule has 1 heterocycles. The molecule has 0 bridgehead atoms. The largest absolute Gasteiger partial charge is 0.393 e. The summed E-state index contributed by atoms with van der Waals surface area (Å²) in [7, 11) is 0. The Balaban J connectivity index is 1.77. The third-order valence-corrected chi connectivity index (χ3v) is 3.82. The first-order chi connectivity index (χ1) is 7.24.